The van der Waals surface area contributed by atoms with Gasteiger partial charge in [-0.15, -0.1) is 0 Å². The molecule has 0 spiro atoms. The Morgan fingerprint density at radius 1 is 0.541 bits per heavy atom. The molecule has 172 valence electrons. The molecule has 0 saturated carbocycles. The minimum atomic E-state index is 0.900. The molecule has 0 amide bonds. The van der Waals surface area contributed by atoms with Crippen LogP contribution in [0, 0.1) is 0 Å². The van der Waals surface area contributed by atoms with Crippen molar-refractivity contribution in [1.82, 2.24) is 14.5 Å². The van der Waals surface area contributed by atoms with Gasteiger partial charge in [0.05, 0.1) is 22.2 Å². The van der Waals surface area contributed by atoms with E-state index in [2.05, 4.69) is 113 Å². The topological polar surface area (TPSA) is 30.7 Å². The zero-order valence-electron chi connectivity index (χ0n) is 20.0. The van der Waals surface area contributed by atoms with Crippen molar-refractivity contribution in [3.05, 3.63) is 128 Å². The van der Waals surface area contributed by atoms with Crippen LogP contribution in [0.25, 0.3) is 71.3 Å². The number of pyridine rings is 2. The maximum absolute atomic E-state index is 5.20. The van der Waals surface area contributed by atoms with Gasteiger partial charge in [-0.2, -0.15) is 0 Å². The van der Waals surface area contributed by atoms with E-state index in [0.29, 0.717) is 0 Å². The van der Waals surface area contributed by atoms with Gasteiger partial charge in [0.2, 0.25) is 0 Å². The fraction of sp³-hybridized carbons (Fsp3) is 0. The molecule has 0 atom stereocenters. The Morgan fingerprint density at radius 3 is 2.08 bits per heavy atom. The van der Waals surface area contributed by atoms with E-state index in [4.69, 9.17) is 4.98 Å². The molecule has 0 aliphatic carbocycles. The number of nitrogens with zero attached hydrogens (tertiary/aromatic N) is 3. The van der Waals surface area contributed by atoms with Crippen LogP contribution < -0.4 is 0 Å². The summed E-state index contributed by atoms with van der Waals surface area (Å²) in [5, 5.41) is 8.64. The third-order valence-corrected chi connectivity index (χ3v) is 7.39. The summed E-state index contributed by atoms with van der Waals surface area (Å²) >= 11 is 0. The molecule has 0 aliphatic heterocycles. The van der Waals surface area contributed by atoms with Crippen LogP contribution in [0.15, 0.2) is 128 Å². The predicted molar refractivity (Wildman–Crippen MR) is 154 cm³/mol. The summed E-state index contributed by atoms with van der Waals surface area (Å²) in [7, 11) is 0. The zero-order chi connectivity index (χ0) is 24.3. The Labute approximate surface area is 213 Å². The Kier molecular flexibility index (Phi) is 4.23. The van der Waals surface area contributed by atoms with E-state index in [0.717, 1.165) is 33.5 Å². The van der Waals surface area contributed by atoms with Gasteiger partial charge < -0.3 is 0 Å². The van der Waals surface area contributed by atoms with Crippen molar-refractivity contribution < 1.29 is 0 Å². The largest absolute Gasteiger partial charge is 0.293 e. The van der Waals surface area contributed by atoms with Gasteiger partial charge in [0.1, 0.15) is 5.82 Å². The lowest BCUT2D eigenvalue weighted by atomic mass is 9.97. The first-order valence-corrected chi connectivity index (χ1v) is 12.5. The first-order valence-electron chi connectivity index (χ1n) is 12.5. The van der Waals surface area contributed by atoms with E-state index in [9.17, 15) is 0 Å². The molecule has 0 radical (unpaired) electrons. The van der Waals surface area contributed by atoms with Gasteiger partial charge in [-0.25, -0.2) is 4.98 Å². The standard InChI is InChI=1S/C34H21N3/c1-7-16-29-22(10-1)20-23(21-35-29)30-17-9-19-32(36-30)37-31-18-8-6-15-28(31)33-26-13-4-2-11-24(26)25-12-3-5-14-27(25)34(33)37/h1-21H. The summed E-state index contributed by atoms with van der Waals surface area (Å²) in [6.45, 7) is 0. The number of rotatable bonds is 2. The van der Waals surface area contributed by atoms with Crippen LogP contribution in [-0.4, -0.2) is 14.5 Å². The molecule has 3 heteroatoms. The van der Waals surface area contributed by atoms with E-state index < -0.39 is 0 Å². The van der Waals surface area contributed by atoms with Crippen LogP contribution in [0.1, 0.15) is 0 Å². The van der Waals surface area contributed by atoms with Crippen LogP contribution in [0.2, 0.25) is 0 Å². The minimum absolute atomic E-state index is 0.900. The average molecular weight is 472 g/mol. The van der Waals surface area contributed by atoms with Crippen molar-refractivity contribution in [2.45, 2.75) is 0 Å². The maximum Gasteiger partial charge on any atom is 0.138 e. The third-order valence-electron chi connectivity index (χ3n) is 7.39. The number of aromatic nitrogens is 3. The normalized spacial score (nSPS) is 11.8. The van der Waals surface area contributed by atoms with Crippen molar-refractivity contribution >= 4 is 54.3 Å². The van der Waals surface area contributed by atoms with Crippen molar-refractivity contribution in [3.8, 4) is 17.1 Å². The second-order valence-corrected chi connectivity index (χ2v) is 9.47. The maximum atomic E-state index is 5.20. The summed E-state index contributed by atoms with van der Waals surface area (Å²) in [5.74, 6) is 0.900. The van der Waals surface area contributed by atoms with Gasteiger partial charge >= 0.3 is 0 Å². The van der Waals surface area contributed by atoms with Gasteiger partial charge in [0.25, 0.3) is 0 Å². The molecule has 37 heavy (non-hydrogen) atoms. The minimum Gasteiger partial charge on any atom is -0.293 e. The Hall–Kier alpha value is -5.02. The summed E-state index contributed by atoms with van der Waals surface area (Å²) in [6.07, 6.45) is 1.92. The fourth-order valence-corrected chi connectivity index (χ4v) is 5.79. The zero-order valence-corrected chi connectivity index (χ0v) is 20.0. The predicted octanol–water partition coefficient (Wildman–Crippen LogP) is 8.70. The number of fused-ring (bicyclic) bond motifs is 9. The van der Waals surface area contributed by atoms with Crippen molar-refractivity contribution in [1.29, 1.82) is 0 Å². The van der Waals surface area contributed by atoms with Crippen LogP contribution in [0.5, 0.6) is 0 Å². The van der Waals surface area contributed by atoms with E-state index in [1.807, 2.05) is 24.4 Å². The summed E-state index contributed by atoms with van der Waals surface area (Å²) in [4.78, 5) is 9.88. The molecule has 3 nitrogen and oxygen atoms in total. The van der Waals surface area contributed by atoms with Crippen molar-refractivity contribution in [2.24, 2.45) is 0 Å². The van der Waals surface area contributed by atoms with E-state index in [-0.39, 0.29) is 0 Å². The Bertz CT molecular complexity index is 2150. The SMILES string of the molecule is c1cc(-c2cnc3ccccc3c2)nc(-n2c3ccccc3c3c4ccccc4c4ccccc4c32)c1. The highest BCUT2D eigenvalue weighted by molar-refractivity contribution is 6.32. The van der Waals surface area contributed by atoms with Crippen LogP contribution in [0.4, 0.5) is 0 Å². The van der Waals surface area contributed by atoms with Gasteiger partial charge in [-0.05, 0) is 46.5 Å². The average Bonchev–Trinajstić information content (AvgIpc) is 3.33. The smallest absolute Gasteiger partial charge is 0.138 e. The monoisotopic (exact) mass is 471 g/mol. The molecule has 8 rings (SSSR count). The molecule has 8 aromatic rings. The highest BCUT2D eigenvalue weighted by atomic mass is 15.1. The van der Waals surface area contributed by atoms with Gasteiger partial charge in [-0.1, -0.05) is 91.0 Å². The number of hydrogen-bond donors (Lipinski definition) is 0. The van der Waals surface area contributed by atoms with Crippen molar-refractivity contribution in [2.75, 3.05) is 0 Å². The quantitative estimate of drug-likeness (QED) is 0.236. The fourth-order valence-electron chi connectivity index (χ4n) is 5.79. The first-order chi connectivity index (χ1) is 18.4. The second kappa shape index (κ2) is 7.74. The van der Waals surface area contributed by atoms with Crippen LogP contribution >= 0.6 is 0 Å². The molecular weight excluding hydrogens is 450 g/mol. The molecule has 5 aromatic carbocycles. The highest BCUT2D eigenvalue weighted by Crippen LogP contribution is 2.42. The molecular formula is C34H21N3. The molecule has 0 fully saturated rings. The molecule has 0 N–H and O–H groups in total. The van der Waals surface area contributed by atoms with E-state index in [1.54, 1.807) is 0 Å². The number of para-hydroxylation sites is 2. The van der Waals surface area contributed by atoms with Crippen molar-refractivity contribution in [3.63, 3.8) is 0 Å². The van der Waals surface area contributed by atoms with Crippen LogP contribution in [0.3, 0.4) is 0 Å². The summed E-state index contributed by atoms with van der Waals surface area (Å²) in [6, 6.07) is 42.7. The lowest BCUT2D eigenvalue weighted by molar-refractivity contribution is 1.09. The Balaban J connectivity index is 1.49. The van der Waals surface area contributed by atoms with E-state index >= 15 is 0 Å². The number of benzene rings is 5. The lowest BCUT2D eigenvalue weighted by Gasteiger charge is -2.12. The van der Waals surface area contributed by atoms with Gasteiger partial charge in [0.15, 0.2) is 0 Å². The lowest BCUT2D eigenvalue weighted by Crippen LogP contribution is -1.99. The molecule has 0 bridgehead atoms. The van der Waals surface area contributed by atoms with Gasteiger partial charge in [0, 0.05) is 33.3 Å². The first kappa shape index (κ1) is 20.2. The third kappa shape index (κ3) is 2.95. The summed E-state index contributed by atoms with van der Waals surface area (Å²) in [5.41, 5.74) is 5.25. The van der Waals surface area contributed by atoms with E-state index in [1.165, 1.54) is 37.8 Å². The Morgan fingerprint density at radius 2 is 1.22 bits per heavy atom. The molecule has 0 unspecified atom stereocenters. The molecule has 3 heterocycles. The number of hydrogen-bond acceptors (Lipinski definition) is 2. The summed E-state index contributed by atoms with van der Waals surface area (Å²) < 4.78 is 2.33. The second-order valence-electron chi connectivity index (χ2n) is 9.47. The molecule has 0 aliphatic rings. The molecule has 0 saturated heterocycles. The van der Waals surface area contributed by atoms with Gasteiger partial charge in [-0.3, -0.25) is 9.55 Å². The highest BCUT2D eigenvalue weighted by Gasteiger charge is 2.19. The molecule has 3 aromatic heterocycles. The van der Waals surface area contributed by atoms with Crippen LogP contribution in [-0.2, 0) is 0 Å².